The van der Waals surface area contributed by atoms with Gasteiger partial charge in [-0.05, 0) is 47.5 Å². The number of aryl methyl sites for hydroxylation is 1. The second-order valence-corrected chi connectivity index (χ2v) is 4.84. The van der Waals surface area contributed by atoms with Crippen LogP contribution in [0.25, 0.3) is 10.8 Å². The summed E-state index contributed by atoms with van der Waals surface area (Å²) in [5, 5.41) is 14.4. The Bertz CT molecular complexity index is 603. The van der Waals surface area contributed by atoms with Gasteiger partial charge in [0.2, 0.25) is 5.91 Å². The average molecular weight is 243 g/mol. The number of nitrogens with one attached hydrogen (secondary N) is 1. The third kappa shape index (κ3) is 2.45. The molecule has 0 aliphatic heterocycles. The molecule has 0 aliphatic carbocycles. The number of hydrogen-bond donors (Lipinski definition) is 2. The fraction of sp³-hybridized carbons (Fsp3) is 0.267. The normalized spacial score (nSPS) is 10.9. The maximum Gasteiger partial charge on any atom is 0.226 e. The van der Waals surface area contributed by atoms with Crippen molar-refractivity contribution < 1.29 is 9.90 Å². The Morgan fingerprint density at radius 3 is 2.61 bits per heavy atom. The highest BCUT2D eigenvalue weighted by atomic mass is 16.3. The highest BCUT2D eigenvalue weighted by molar-refractivity contribution is 5.96. The van der Waals surface area contributed by atoms with Crippen LogP contribution >= 0.6 is 0 Å². The van der Waals surface area contributed by atoms with Gasteiger partial charge in [-0.3, -0.25) is 4.79 Å². The zero-order valence-corrected chi connectivity index (χ0v) is 10.8. The van der Waals surface area contributed by atoms with E-state index in [0.717, 1.165) is 22.0 Å². The predicted octanol–water partition coefficient (Wildman–Crippen LogP) is 3.45. The molecule has 2 rings (SSSR count). The summed E-state index contributed by atoms with van der Waals surface area (Å²) in [4.78, 5) is 11.6. The van der Waals surface area contributed by atoms with E-state index in [1.807, 2.05) is 39.0 Å². The van der Waals surface area contributed by atoms with E-state index < -0.39 is 0 Å². The number of carbonyl (C=O) groups excluding carboxylic acids is 1. The van der Waals surface area contributed by atoms with Gasteiger partial charge in [-0.1, -0.05) is 19.9 Å². The highest BCUT2D eigenvalue weighted by Gasteiger charge is 2.08. The van der Waals surface area contributed by atoms with Crippen molar-refractivity contribution in [3.8, 4) is 5.75 Å². The third-order valence-electron chi connectivity index (χ3n) is 2.94. The summed E-state index contributed by atoms with van der Waals surface area (Å²) in [5.74, 6) is 0.228. The zero-order valence-electron chi connectivity index (χ0n) is 10.8. The Kier molecular flexibility index (Phi) is 3.24. The van der Waals surface area contributed by atoms with Gasteiger partial charge in [0.25, 0.3) is 0 Å². The highest BCUT2D eigenvalue weighted by Crippen LogP contribution is 2.26. The first kappa shape index (κ1) is 12.4. The molecule has 0 aliphatic rings. The van der Waals surface area contributed by atoms with Crippen molar-refractivity contribution >= 4 is 22.4 Å². The van der Waals surface area contributed by atoms with E-state index in [1.165, 1.54) is 0 Å². The first-order chi connectivity index (χ1) is 8.47. The van der Waals surface area contributed by atoms with Crippen LogP contribution in [-0.2, 0) is 4.79 Å². The molecule has 0 fully saturated rings. The topological polar surface area (TPSA) is 49.3 Å². The van der Waals surface area contributed by atoms with Gasteiger partial charge in [0, 0.05) is 11.6 Å². The minimum absolute atomic E-state index is 0.00535. The standard InChI is InChI=1S/C15H17NO2/c1-9(2)15(18)16-12-5-4-11-7-13(17)6-10(3)14(11)8-12/h4-9,17H,1-3H3,(H,16,18). The first-order valence-electron chi connectivity index (χ1n) is 6.01. The number of hydrogen-bond acceptors (Lipinski definition) is 2. The second kappa shape index (κ2) is 4.69. The fourth-order valence-electron chi connectivity index (χ4n) is 1.89. The molecule has 0 heterocycles. The van der Waals surface area contributed by atoms with Crippen molar-refractivity contribution in [2.45, 2.75) is 20.8 Å². The Morgan fingerprint density at radius 1 is 1.22 bits per heavy atom. The van der Waals surface area contributed by atoms with Gasteiger partial charge >= 0.3 is 0 Å². The molecular weight excluding hydrogens is 226 g/mol. The molecule has 3 heteroatoms. The molecule has 0 atom stereocenters. The molecule has 3 nitrogen and oxygen atoms in total. The van der Waals surface area contributed by atoms with Crippen molar-refractivity contribution in [3.05, 3.63) is 35.9 Å². The van der Waals surface area contributed by atoms with E-state index in [1.54, 1.807) is 12.1 Å². The number of aromatic hydroxyl groups is 1. The minimum Gasteiger partial charge on any atom is -0.508 e. The maximum atomic E-state index is 11.6. The van der Waals surface area contributed by atoms with Crippen molar-refractivity contribution in [2.24, 2.45) is 5.92 Å². The number of fused-ring (bicyclic) bond motifs is 1. The second-order valence-electron chi connectivity index (χ2n) is 4.84. The van der Waals surface area contributed by atoms with Gasteiger partial charge in [-0.25, -0.2) is 0 Å². The zero-order chi connectivity index (χ0) is 13.3. The first-order valence-corrected chi connectivity index (χ1v) is 6.01. The van der Waals surface area contributed by atoms with Gasteiger partial charge in [0.1, 0.15) is 5.75 Å². The molecular formula is C15H17NO2. The Labute approximate surface area is 106 Å². The van der Waals surface area contributed by atoms with Crippen LogP contribution < -0.4 is 5.32 Å². The molecule has 0 radical (unpaired) electrons. The summed E-state index contributed by atoms with van der Waals surface area (Å²) in [6.45, 7) is 5.66. The van der Waals surface area contributed by atoms with Crippen LogP contribution in [0, 0.1) is 12.8 Å². The summed E-state index contributed by atoms with van der Waals surface area (Å²) in [6, 6.07) is 9.12. The summed E-state index contributed by atoms with van der Waals surface area (Å²) < 4.78 is 0. The van der Waals surface area contributed by atoms with Crippen molar-refractivity contribution in [1.29, 1.82) is 0 Å². The Hall–Kier alpha value is -2.03. The lowest BCUT2D eigenvalue weighted by Crippen LogP contribution is -2.17. The van der Waals surface area contributed by atoms with Crippen LogP contribution in [0.15, 0.2) is 30.3 Å². The number of anilines is 1. The van der Waals surface area contributed by atoms with Crippen molar-refractivity contribution in [2.75, 3.05) is 5.32 Å². The molecule has 0 spiro atoms. The van der Waals surface area contributed by atoms with E-state index in [4.69, 9.17) is 0 Å². The number of phenols is 1. The smallest absolute Gasteiger partial charge is 0.226 e. The van der Waals surface area contributed by atoms with Crippen molar-refractivity contribution in [3.63, 3.8) is 0 Å². The monoisotopic (exact) mass is 243 g/mol. The van der Waals surface area contributed by atoms with Crippen LogP contribution in [0.5, 0.6) is 5.75 Å². The van der Waals surface area contributed by atoms with Gasteiger partial charge < -0.3 is 10.4 Å². The molecule has 1 amide bonds. The lowest BCUT2D eigenvalue weighted by atomic mass is 10.0. The lowest BCUT2D eigenvalue weighted by molar-refractivity contribution is -0.118. The van der Waals surface area contributed by atoms with E-state index >= 15 is 0 Å². The van der Waals surface area contributed by atoms with E-state index in [9.17, 15) is 9.90 Å². The van der Waals surface area contributed by atoms with Crippen molar-refractivity contribution in [1.82, 2.24) is 0 Å². The van der Waals surface area contributed by atoms with E-state index in [2.05, 4.69) is 5.32 Å². The molecule has 2 aromatic rings. The van der Waals surface area contributed by atoms with Gasteiger partial charge in [-0.2, -0.15) is 0 Å². The summed E-state index contributed by atoms with van der Waals surface area (Å²) in [6.07, 6.45) is 0. The molecule has 2 N–H and O–H groups in total. The largest absolute Gasteiger partial charge is 0.508 e. The Morgan fingerprint density at radius 2 is 1.94 bits per heavy atom. The SMILES string of the molecule is Cc1cc(O)cc2ccc(NC(=O)C(C)C)cc12. The van der Waals surface area contributed by atoms with Gasteiger partial charge in [0.05, 0.1) is 0 Å². The van der Waals surface area contributed by atoms with Gasteiger partial charge in [0.15, 0.2) is 0 Å². The third-order valence-corrected chi connectivity index (χ3v) is 2.94. The molecule has 2 aromatic carbocycles. The van der Waals surface area contributed by atoms with Crippen LogP contribution in [0.4, 0.5) is 5.69 Å². The summed E-state index contributed by atoms with van der Waals surface area (Å²) in [5.41, 5.74) is 1.78. The number of benzene rings is 2. The van der Waals surface area contributed by atoms with Crippen LogP contribution in [0.1, 0.15) is 19.4 Å². The molecule has 0 saturated heterocycles. The summed E-state index contributed by atoms with van der Waals surface area (Å²) >= 11 is 0. The fourth-order valence-corrected chi connectivity index (χ4v) is 1.89. The molecule has 0 aromatic heterocycles. The quantitative estimate of drug-likeness (QED) is 0.848. The van der Waals surface area contributed by atoms with Crippen LogP contribution in [0.3, 0.4) is 0 Å². The van der Waals surface area contributed by atoms with E-state index in [0.29, 0.717) is 0 Å². The number of phenolic OH excluding ortho intramolecular Hbond substituents is 1. The Balaban J connectivity index is 2.41. The molecule has 94 valence electrons. The maximum absolute atomic E-state index is 11.6. The number of carbonyl (C=O) groups is 1. The van der Waals surface area contributed by atoms with Crippen LogP contribution in [0.2, 0.25) is 0 Å². The van der Waals surface area contributed by atoms with Crippen LogP contribution in [-0.4, -0.2) is 11.0 Å². The number of amides is 1. The minimum atomic E-state index is -0.0402. The molecule has 0 bridgehead atoms. The van der Waals surface area contributed by atoms with E-state index in [-0.39, 0.29) is 17.6 Å². The predicted molar refractivity (Wildman–Crippen MR) is 73.8 cm³/mol. The average Bonchev–Trinajstić information content (AvgIpc) is 2.29. The molecule has 18 heavy (non-hydrogen) atoms. The lowest BCUT2D eigenvalue weighted by Gasteiger charge is -2.10. The van der Waals surface area contributed by atoms with Gasteiger partial charge in [-0.15, -0.1) is 0 Å². The number of rotatable bonds is 2. The molecule has 0 unspecified atom stereocenters. The summed E-state index contributed by atoms with van der Waals surface area (Å²) in [7, 11) is 0. The molecule has 0 saturated carbocycles.